The lowest BCUT2D eigenvalue weighted by Gasteiger charge is -2.19. The van der Waals surface area contributed by atoms with E-state index in [0.717, 1.165) is 6.42 Å². The first kappa shape index (κ1) is 9.94. The number of hydrogen-bond donors (Lipinski definition) is 1. The van der Waals surface area contributed by atoms with E-state index >= 15 is 0 Å². The van der Waals surface area contributed by atoms with Crippen molar-refractivity contribution in [2.75, 3.05) is 0 Å². The average Bonchev–Trinajstić information content (AvgIpc) is 2.00. The third-order valence-corrected chi connectivity index (χ3v) is 1.77. The van der Waals surface area contributed by atoms with Crippen molar-refractivity contribution in [1.29, 1.82) is 0 Å². The summed E-state index contributed by atoms with van der Waals surface area (Å²) < 4.78 is 0. The molecule has 4 heteroatoms. The Kier molecular flexibility index (Phi) is 3.57. The molecule has 0 saturated carbocycles. The highest BCUT2D eigenvalue weighted by Gasteiger charge is 2.20. The van der Waals surface area contributed by atoms with E-state index in [0.29, 0.717) is 5.84 Å². The van der Waals surface area contributed by atoms with Gasteiger partial charge in [-0.2, -0.15) is 0 Å². The molecule has 0 aromatic rings. The van der Waals surface area contributed by atoms with Crippen molar-refractivity contribution in [3.8, 4) is 0 Å². The summed E-state index contributed by atoms with van der Waals surface area (Å²) in [5.41, 5.74) is 5.31. The Labute approximate surface area is 66.4 Å². The van der Waals surface area contributed by atoms with Gasteiger partial charge in [0.2, 0.25) is 0 Å². The van der Waals surface area contributed by atoms with E-state index in [1.807, 2.05) is 20.8 Å². The summed E-state index contributed by atoms with van der Waals surface area (Å²) in [7, 11) is 0. The van der Waals surface area contributed by atoms with Gasteiger partial charge in [-0.15, -0.1) is 0 Å². The van der Waals surface area contributed by atoms with Crippen LogP contribution in [-0.2, 0) is 9.63 Å². The highest BCUT2D eigenvalue weighted by atomic mass is 16.7. The topological polar surface area (TPSA) is 64.7 Å². The van der Waals surface area contributed by atoms with Crippen molar-refractivity contribution in [1.82, 2.24) is 0 Å². The molecular weight excluding hydrogens is 144 g/mol. The van der Waals surface area contributed by atoms with Crippen LogP contribution in [-0.4, -0.2) is 12.3 Å². The molecule has 0 heterocycles. The molecule has 2 N–H and O–H groups in total. The van der Waals surface area contributed by atoms with Gasteiger partial charge in [0.15, 0.2) is 0 Å². The summed E-state index contributed by atoms with van der Waals surface area (Å²) in [5.74, 6) is 0.340. The van der Waals surface area contributed by atoms with Crippen LogP contribution in [0.2, 0.25) is 0 Å². The molecular formula is C7H14N2O2. The SMILES string of the molecule is CCC(C)(C)/C(N)=N/OC=O. The summed E-state index contributed by atoms with van der Waals surface area (Å²) in [5, 5.41) is 3.41. The number of hydrogen-bond acceptors (Lipinski definition) is 3. The van der Waals surface area contributed by atoms with Crippen molar-refractivity contribution in [3.63, 3.8) is 0 Å². The fourth-order valence-electron chi connectivity index (χ4n) is 0.383. The maximum Gasteiger partial charge on any atom is 0.323 e. The van der Waals surface area contributed by atoms with Crippen molar-refractivity contribution < 1.29 is 9.63 Å². The highest BCUT2D eigenvalue weighted by Crippen LogP contribution is 2.19. The molecule has 0 amide bonds. The van der Waals surface area contributed by atoms with Crippen LogP contribution >= 0.6 is 0 Å². The summed E-state index contributed by atoms with van der Waals surface area (Å²) in [4.78, 5) is 13.9. The van der Waals surface area contributed by atoms with Crippen molar-refractivity contribution >= 4 is 12.3 Å². The van der Waals surface area contributed by atoms with Crippen LogP contribution in [0.3, 0.4) is 0 Å². The zero-order valence-electron chi connectivity index (χ0n) is 7.13. The van der Waals surface area contributed by atoms with Crippen molar-refractivity contribution in [2.45, 2.75) is 27.2 Å². The maximum atomic E-state index is 9.74. The van der Waals surface area contributed by atoms with Gasteiger partial charge in [-0.1, -0.05) is 25.9 Å². The molecule has 0 aromatic carbocycles. The Morgan fingerprint density at radius 2 is 2.27 bits per heavy atom. The standard InChI is InChI=1S/C7H14N2O2/c1-4-7(2,3)6(8)9-11-5-10/h5H,4H2,1-3H3,(H2,8,9). The summed E-state index contributed by atoms with van der Waals surface area (Å²) >= 11 is 0. The van der Waals surface area contributed by atoms with E-state index in [4.69, 9.17) is 5.73 Å². The molecule has 0 radical (unpaired) electrons. The Hall–Kier alpha value is -1.06. The molecule has 0 bridgehead atoms. The van der Waals surface area contributed by atoms with Crippen LogP contribution in [0.15, 0.2) is 5.16 Å². The zero-order valence-corrected chi connectivity index (χ0v) is 7.13. The lowest BCUT2D eigenvalue weighted by Crippen LogP contribution is -2.31. The van der Waals surface area contributed by atoms with Crippen molar-refractivity contribution in [2.24, 2.45) is 16.3 Å². The van der Waals surface area contributed by atoms with E-state index in [-0.39, 0.29) is 11.9 Å². The number of amidine groups is 1. The first-order valence-corrected chi connectivity index (χ1v) is 3.48. The second-order valence-corrected chi connectivity index (χ2v) is 2.92. The molecule has 0 atom stereocenters. The third-order valence-electron chi connectivity index (χ3n) is 1.77. The third kappa shape index (κ3) is 3.02. The van der Waals surface area contributed by atoms with Gasteiger partial charge in [0.25, 0.3) is 0 Å². The normalized spacial score (nSPS) is 12.8. The second-order valence-electron chi connectivity index (χ2n) is 2.92. The van der Waals surface area contributed by atoms with Gasteiger partial charge in [-0.05, 0) is 6.42 Å². The van der Waals surface area contributed by atoms with Gasteiger partial charge in [-0.25, -0.2) is 0 Å². The number of nitrogens with zero attached hydrogens (tertiary/aromatic N) is 1. The minimum atomic E-state index is -0.205. The van der Waals surface area contributed by atoms with Crippen LogP contribution in [0, 0.1) is 5.41 Å². The van der Waals surface area contributed by atoms with Crippen molar-refractivity contribution in [3.05, 3.63) is 0 Å². The van der Waals surface area contributed by atoms with Gasteiger partial charge in [0.1, 0.15) is 5.84 Å². The predicted molar refractivity (Wildman–Crippen MR) is 42.8 cm³/mol. The molecule has 11 heavy (non-hydrogen) atoms. The van der Waals surface area contributed by atoms with E-state index in [1.165, 1.54) is 0 Å². The molecule has 0 aliphatic heterocycles. The smallest absolute Gasteiger partial charge is 0.323 e. The largest absolute Gasteiger partial charge is 0.384 e. The fourth-order valence-corrected chi connectivity index (χ4v) is 0.383. The van der Waals surface area contributed by atoms with Gasteiger partial charge in [0.05, 0.1) is 0 Å². The molecule has 0 aromatic heterocycles. The molecule has 4 nitrogen and oxygen atoms in total. The van der Waals surface area contributed by atoms with Gasteiger partial charge < -0.3 is 10.6 Å². The van der Waals surface area contributed by atoms with E-state index in [2.05, 4.69) is 9.99 Å². The molecule has 0 unspecified atom stereocenters. The predicted octanol–water partition coefficient (Wildman–Crippen LogP) is 0.868. The lowest BCUT2D eigenvalue weighted by molar-refractivity contribution is -0.128. The van der Waals surface area contributed by atoms with E-state index < -0.39 is 0 Å². The average molecular weight is 158 g/mol. The second kappa shape index (κ2) is 3.95. The molecule has 0 spiro atoms. The molecule has 0 saturated heterocycles. The summed E-state index contributed by atoms with van der Waals surface area (Å²) in [6, 6.07) is 0. The van der Waals surface area contributed by atoms with E-state index in [1.54, 1.807) is 0 Å². The quantitative estimate of drug-likeness (QED) is 0.217. The van der Waals surface area contributed by atoms with Crippen LogP contribution in [0.1, 0.15) is 27.2 Å². The van der Waals surface area contributed by atoms with Gasteiger partial charge in [0, 0.05) is 5.41 Å². The molecule has 64 valence electrons. The number of rotatable bonds is 4. The minimum absolute atomic E-state index is 0.205. The Morgan fingerprint density at radius 1 is 1.73 bits per heavy atom. The first-order chi connectivity index (χ1) is 5.04. The fraction of sp³-hybridized carbons (Fsp3) is 0.714. The zero-order chi connectivity index (χ0) is 8.91. The Morgan fingerprint density at radius 3 is 2.64 bits per heavy atom. The van der Waals surface area contributed by atoms with Gasteiger partial charge >= 0.3 is 6.47 Å². The number of carbonyl (C=O) groups excluding carboxylic acids is 1. The van der Waals surface area contributed by atoms with Crippen LogP contribution in [0.4, 0.5) is 0 Å². The minimum Gasteiger partial charge on any atom is -0.384 e. The number of carbonyl (C=O) groups is 1. The molecule has 0 aliphatic carbocycles. The maximum absolute atomic E-state index is 9.74. The lowest BCUT2D eigenvalue weighted by atomic mass is 9.89. The number of oxime groups is 1. The number of nitrogens with two attached hydrogens (primary N) is 1. The van der Waals surface area contributed by atoms with Crippen LogP contribution < -0.4 is 5.73 Å². The Balaban J connectivity index is 4.20. The Bertz CT molecular complexity index is 164. The molecule has 0 rings (SSSR count). The summed E-state index contributed by atoms with van der Waals surface area (Å²) in [6.45, 7) is 6.10. The highest BCUT2D eigenvalue weighted by molar-refractivity contribution is 5.85. The molecule has 0 fully saturated rings. The first-order valence-electron chi connectivity index (χ1n) is 3.48. The molecule has 0 aliphatic rings. The monoisotopic (exact) mass is 158 g/mol. The van der Waals surface area contributed by atoms with Crippen LogP contribution in [0.25, 0.3) is 0 Å². The van der Waals surface area contributed by atoms with E-state index in [9.17, 15) is 4.79 Å². The van der Waals surface area contributed by atoms with Crippen LogP contribution in [0.5, 0.6) is 0 Å². The summed E-state index contributed by atoms with van der Waals surface area (Å²) in [6.07, 6.45) is 0.852. The van der Waals surface area contributed by atoms with Gasteiger partial charge in [-0.3, -0.25) is 4.79 Å².